The summed E-state index contributed by atoms with van der Waals surface area (Å²) in [5.74, 6) is 6.57. The highest BCUT2D eigenvalue weighted by Gasteiger charge is 1.84. The van der Waals surface area contributed by atoms with Gasteiger partial charge in [-0.05, 0) is 0 Å². The molecule has 0 atom stereocenters. The fourth-order valence-electron chi connectivity index (χ4n) is 0.487. The summed E-state index contributed by atoms with van der Waals surface area (Å²) in [5, 5.41) is 3.50. The van der Waals surface area contributed by atoms with E-state index >= 15 is 0 Å². The maximum absolute atomic E-state index is 4.57. The Balaban J connectivity index is 2.49. The Morgan fingerprint density at radius 3 is 3.20 bits per heavy atom. The van der Waals surface area contributed by atoms with E-state index < -0.39 is 0 Å². The largest absolute Gasteiger partial charge is 0.363 e. The normalized spacial score (nSPS) is 8.50. The topological polar surface area (TPSA) is 26.0 Å². The zero-order chi connectivity index (χ0) is 7.23. The molecule has 0 saturated carbocycles. The van der Waals surface area contributed by atoms with Crippen LogP contribution in [0, 0.1) is 11.8 Å². The lowest BCUT2D eigenvalue weighted by Crippen LogP contribution is -1.68. The van der Waals surface area contributed by atoms with Crippen LogP contribution in [0.2, 0.25) is 0 Å². The number of aromatic nitrogens is 1. The summed E-state index contributed by atoms with van der Waals surface area (Å²) in [4.78, 5) is 0. The Hall–Kier alpha value is -0.880. The molecule has 0 unspecified atom stereocenters. The first kappa shape index (κ1) is 7.23. The molecule has 52 valence electrons. The second-order valence-electron chi connectivity index (χ2n) is 1.69. The molecule has 0 aliphatic carbocycles. The molecule has 1 aromatic rings. The maximum Gasteiger partial charge on any atom is 0.139 e. The Bertz CT molecular complexity index is 232. The average Bonchev–Trinajstić information content (AvgIpc) is 2.41. The maximum atomic E-state index is 4.57. The first-order valence-corrected chi connectivity index (χ1v) is 3.56. The van der Waals surface area contributed by atoms with Crippen LogP contribution in [-0.2, 0) is 0 Å². The molecular weight excluding hydrogens is 146 g/mol. The van der Waals surface area contributed by atoms with Gasteiger partial charge in [-0.2, -0.15) is 12.6 Å². The molecule has 0 aromatic carbocycles. The van der Waals surface area contributed by atoms with E-state index in [1.165, 1.54) is 6.26 Å². The first-order chi connectivity index (χ1) is 4.93. The van der Waals surface area contributed by atoms with E-state index in [-0.39, 0.29) is 0 Å². The van der Waals surface area contributed by atoms with Crippen LogP contribution < -0.4 is 0 Å². The highest BCUT2D eigenvalue weighted by molar-refractivity contribution is 7.80. The third-order valence-electron chi connectivity index (χ3n) is 0.902. The van der Waals surface area contributed by atoms with Crippen molar-refractivity contribution in [2.24, 2.45) is 0 Å². The van der Waals surface area contributed by atoms with Crippen LogP contribution in [0.15, 0.2) is 17.0 Å². The van der Waals surface area contributed by atoms with Crippen molar-refractivity contribution in [3.8, 4) is 11.8 Å². The molecule has 0 spiro atoms. The SMILES string of the molecule is SCCC#Cc1cnoc1. The van der Waals surface area contributed by atoms with Crippen LogP contribution in [0.25, 0.3) is 0 Å². The minimum atomic E-state index is 0.790. The summed E-state index contributed by atoms with van der Waals surface area (Å²) >= 11 is 4.01. The number of thiol groups is 1. The minimum absolute atomic E-state index is 0.790. The predicted molar refractivity (Wildman–Crippen MR) is 41.9 cm³/mol. The van der Waals surface area contributed by atoms with Gasteiger partial charge >= 0.3 is 0 Å². The van der Waals surface area contributed by atoms with Gasteiger partial charge in [-0.1, -0.05) is 17.0 Å². The van der Waals surface area contributed by atoms with Crippen molar-refractivity contribution in [3.05, 3.63) is 18.0 Å². The van der Waals surface area contributed by atoms with Gasteiger partial charge in [-0.25, -0.2) is 0 Å². The van der Waals surface area contributed by atoms with Crippen LogP contribution in [0.3, 0.4) is 0 Å². The summed E-state index contributed by atoms with van der Waals surface area (Å²) < 4.78 is 4.57. The lowest BCUT2D eigenvalue weighted by molar-refractivity contribution is 0.419. The van der Waals surface area contributed by atoms with E-state index in [9.17, 15) is 0 Å². The summed E-state index contributed by atoms with van der Waals surface area (Å²) in [5.41, 5.74) is 0.821. The zero-order valence-electron chi connectivity index (χ0n) is 5.37. The fraction of sp³-hybridized carbons (Fsp3) is 0.286. The second kappa shape index (κ2) is 4.02. The van der Waals surface area contributed by atoms with E-state index in [0.29, 0.717) is 0 Å². The second-order valence-corrected chi connectivity index (χ2v) is 2.14. The average molecular weight is 153 g/mol. The van der Waals surface area contributed by atoms with E-state index in [0.717, 1.165) is 17.7 Å². The Labute approximate surface area is 65.0 Å². The molecule has 0 fully saturated rings. The van der Waals surface area contributed by atoms with E-state index in [1.807, 2.05) is 0 Å². The molecule has 0 N–H and O–H groups in total. The fourth-order valence-corrected chi connectivity index (χ4v) is 0.599. The molecule has 2 nitrogen and oxygen atoms in total. The Morgan fingerprint density at radius 2 is 2.60 bits per heavy atom. The zero-order valence-corrected chi connectivity index (χ0v) is 6.27. The quantitative estimate of drug-likeness (QED) is 0.487. The Morgan fingerprint density at radius 1 is 1.70 bits per heavy atom. The molecule has 0 radical (unpaired) electrons. The molecule has 0 aliphatic heterocycles. The van der Waals surface area contributed by atoms with Crippen LogP contribution in [-0.4, -0.2) is 10.9 Å². The molecular formula is C7H7NOS. The molecule has 0 saturated heterocycles. The molecule has 1 aromatic heterocycles. The molecule has 0 aliphatic rings. The van der Waals surface area contributed by atoms with Crippen LogP contribution in [0.1, 0.15) is 12.0 Å². The smallest absolute Gasteiger partial charge is 0.139 e. The number of hydrogen-bond donors (Lipinski definition) is 1. The van der Waals surface area contributed by atoms with E-state index in [4.69, 9.17) is 0 Å². The van der Waals surface area contributed by atoms with Crippen molar-refractivity contribution in [2.75, 3.05) is 5.75 Å². The third kappa shape index (κ3) is 2.16. The van der Waals surface area contributed by atoms with Crippen LogP contribution in [0.4, 0.5) is 0 Å². The number of nitrogens with zero attached hydrogens (tertiary/aromatic N) is 1. The monoisotopic (exact) mass is 153 g/mol. The van der Waals surface area contributed by atoms with Crippen molar-refractivity contribution in [2.45, 2.75) is 6.42 Å². The van der Waals surface area contributed by atoms with Crippen molar-refractivity contribution in [1.29, 1.82) is 0 Å². The molecule has 1 heterocycles. The summed E-state index contributed by atoms with van der Waals surface area (Å²) in [6.45, 7) is 0. The lowest BCUT2D eigenvalue weighted by atomic mass is 10.3. The highest BCUT2D eigenvalue weighted by atomic mass is 32.1. The molecule has 3 heteroatoms. The van der Waals surface area contributed by atoms with Gasteiger partial charge in [-0.15, -0.1) is 0 Å². The van der Waals surface area contributed by atoms with Gasteiger partial charge in [0.05, 0.1) is 11.8 Å². The van der Waals surface area contributed by atoms with Crippen LogP contribution in [0.5, 0.6) is 0 Å². The van der Waals surface area contributed by atoms with Gasteiger partial charge in [0.15, 0.2) is 0 Å². The predicted octanol–water partition coefficient (Wildman–Crippen LogP) is 1.35. The van der Waals surface area contributed by atoms with Crippen molar-refractivity contribution < 1.29 is 4.52 Å². The Kier molecular flexibility index (Phi) is 2.91. The van der Waals surface area contributed by atoms with E-state index in [2.05, 4.69) is 34.1 Å². The molecule has 10 heavy (non-hydrogen) atoms. The third-order valence-corrected chi connectivity index (χ3v) is 1.13. The van der Waals surface area contributed by atoms with Gasteiger partial charge < -0.3 is 4.52 Å². The summed E-state index contributed by atoms with van der Waals surface area (Å²) in [7, 11) is 0. The van der Waals surface area contributed by atoms with Gasteiger partial charge in [0.2, 0.25) is 0 Å². The van der Waals surface area contributed by atoms with E-state index in [1.54, 1.807) is 6.20 Å². The molecule has 1 rings (SSSR count). The number of hydrogen-bond acceptors (Lipinski definition) is 3. The molecule has 0 amide bonds. The molecule has 0 bridgehead atoms. The van der Waals surface area contributed by atoms with Crippen LogP contribution >= 0.6 is 12.6 Å². The van der Waals surface area contributed by atoms with Gasteiger partial charge in [0, 0.05) is 12.2 Å². The van der Waals surface area contributed by atoms with Gasteiger partial charge in [0.1, 0.15) is 6.26 Å². The van der Waals surface area contributed by atoms with Gasteiger partial charge in [0.25, 0.3) is 0 Å². The summed E-state index contributed by atoms with van der Waals surface area (Å²) in [6, 6.07) is 0. The van der Waals surface area contributed by atoms with Gasteiger partial charge in [-0.3, -0.25) is 0 Å². The van der Waals surface area contributed by atoms with Crippen molar-refractivity contribution in [1.82, 2.24) is 5.16 Å². The summed E-state index contributed by atoms with van der Waals surface area (Å²) in [6.07, 6.45) is 3.91. The van der Waals surface area contributed by atoms with Crippen molar-refractivity contribution in [3.63, 3.8) is 0 Å². The highest BCUT2D eigenvalue weighted by Crippen LogP contribution is 1.92. The minimum Gasteiger partial charge on any atom is -0.363 e. The lowest BCUT2D eigenvalue weighted by Gasteiger charge is -1.75. The van der Waals surface area contributed by atoms with Crippen molar-refractivity contribution >= 4 is 12.6 Å². The first-order valence-electron chi connectivity index (χ1n) is 2.92. The number of rotatable bonds is 1. The standard InChI is InChI=1S/C7H7NOS/c10-4-2-1-3-7-5-8-9-6-7/h5-6,10H,2,4H2.